The number of aryl methyl sites for hydroxylation is 1. The third-order valence-corrected chi connectivity index (χ3v) is 3.02. The predicted molar refractivity (Wildman–Crippen MR) is 63.5 cm³/mol. The van der Waals surface area contributed by atoms with Crippen molar-refractivity contribution in [2.45, 2.75) is 45.3 Å². The molecule has 1 aliphatic carbocycles. The number of nitrogens with zero attached hydrogens (tertiary/aromatic N) is 2. The number of aliphatic carboxylic acids is 1. The van der Waals surface area contributed by atoms with E-state index in [9.17, 15) is 4.79 Å². The lowest BCUT2D eigenvalue weighted by atomic mass is 10.2. The van der Waals surface area contributed by atoms with Crippen molar-refractivity contribution < 1.29 is 9.90 Å². The average molecular weight is 237 g/mol. The van der Waals surface area contributed by atoms with Crippen LogP contribution in [-0.2, 0) is 17.9 Å². The Hall–Kier alpha value is -1.36. The van der Waals surface area contributed by atoms with Crippen molar-refractivity contribution in [1.82, 2.24) is 15.1 Å². The van der Waals surface area contributed by atoms with Gasteiger partial charge in [0.2, 0.25) is 0 Å². The quantitative estimate of drug-likeness (QED) is 0.749. The minimum atomic E-state index is -0.742. The van der Waals surface area contributed by atoms with Gasteiger partial charge in [0.15, 0.2) is 0 Å². The third kappa shape index (κ3) is 3.30. The van der Waals surface area contributed by atoms with E-state index in [1.54, 1.807) is 6.20 Å². The second-order valence-electron chi connectivity index (χ2n) is 4.65. The molecule has 0 aromatic carbocycles. The van der Waals surface area contributed by atoms with E-state index in [4.69, 9.17) is 5.11 Å². The van der Waals surface area contributed by atoms with Gasteiger partial charge in [-0.05, 0) is 25.2 Å². The van der Waals surface area contributed by atoms with Crippen molar-refractivity contribution in [3.8, 4) is 0 Å². The van der Waals surface area contributed by atoms with Crippen molar-refractivity contribution in [3.63, 3.8) is 0 Å². The normalized spacial score (nSPS) is 17.0. The minimum absolute atomic E-state index is 0.318. The van der Waals surface area contributed by atoms with Crippen molar-refractivity contribution >= 4 is 5.97 Å². The van der Waals surface area contributed by atoms with Gasteiger partial charge in [-0.2, -0.15) is 5.10 Å². The molecular formula is C12H19N3O2. The monoisotopic (exact) mass is 237 g/mol. The summed E-state index contributed by atoms with van der Waals surface area (Å²) in [7, 11) is 0. The Kier molecular flexibility index (Phi) is 3.78. The van der Waals surface area contributed by atoms with Crippen molar-refractivity contribution in [1.29, 1.82) is 0 Å². The van der Waals surface area contributed by atoms with Gasteiger partial charge in [0.1, 0.15) is 6.04 Å². The number of aromatic nitrogens is 2. The van der Waals surface area contributed by atoms with E-state index in [1.165, 1.54) is 0 Å². The fourth-order valence-corrected chi connectivity index (χ4v) is 1.96. The zero-order chi connectivity index (χ0) is 12.3. The molecule has 0 saturated heterocycles. The van der Waals surface area contributed by atoms with Gasteiger partial charge in [0.25, 0.3) is 0 Å². The lowest BCUT2D eigenvalue weighted by molar-refractivity contribution is -0.140. The summed E-state index contributed by atoms with van der Waals surface area (Å²) in [5.74, 6) is -0.424. The molecule has 1 unspecified atom stereocenters. The van der Waals surface area contributed by atoms with Gasteiger partial charge >= 0.3 is 5.97 Å². The molecule has 0 aliphatic heterocycles. The molecule has 1 aliphatic rings. The highest BCUT2D eigenvalue weighted by atomic mass is 16.4. The first-order valence-corrected chi connectivity index (χ1v) is 6.18. The Balaban J connectivity index is 1.85. The molecule has 1 aromatic rings. The van der Waals surface area contributed by atoms with Crippen LogP contribution in [0.2, 0.25) is 0 Å². The largest absolute Gasteiger partial charge is 0.480 e. The van der Waals surface area contributed by atoms with Crippen molar-refractivity contribution in [2.75, 3.05) is 0 Å². The van der Waals surface area contributed by atoms with Gasteiger partial charge in [0.05, 0.1) is 6.20 Å². The molecule has 0 spiro atoms. The summed E-state index contributed by atoms with van der Waals surface area (Å²) in [6, 6.07) is -0.399. The van der Waals surface area contributed by atoms with Gasteiger partial charge in [-0.3, -0.25) is 14.8 Å². The minimum Gasteiger partial charge on any atom is -0.480 e. The number of rotatable bonds is 7. The Bertz CT molecular complexity index is 385. The molecule has 94 valence electrons. The lowest BCUT2D eigenvalue weighted by Crippen LogP contribution is -2.37. The molecule has 17 heavy (non-hydrogen) atoms. The van der Waals surface area contributed by atoms with Gasteiger partial charge in [-0.15, -0.1) is 0 Å². The van der Waals surface area contributed by atoms with Crippen molar-refractivity contribution in [2.24, 2.45) is 5.92 Å². The summed E-state index contributed by atoms with van der Waals surface area (Å²) in [6.07, 6.45) is 6.88. The number of carbonyl (C=O) groups is 1. The van der Waals surface area contributed by atoms with Gasteiger partial charge in [-0.1, -0.05) is 6.92 Å². The van der Waals surface area contributed by atoms with E-state index in [-0.39, 0.29) is 0 Å². The molecule has 0 amide bonds. The van der Waals surface area contributed by atoms with E-state index >= 15 is 0 Å². The van der Waals surface area contributed by atoms with Crippen LogP contribution in [0.5, 0.6) is 0 Å². The molecule has 5 nitrogen and oxygen atoms in total. The highest BCUT2D eigenvalue weighted by Gasteiger charge is 2.35. The molecular weight excluding hydrogens is 218 g/mol. The van der Waals surface area contributed by atoms with Crippen LogP contribution in [0, 0.1) is 5.92 Å². The van der Waals surface area contributed by atoms with E-state index in [0.717, 1.165) is 31.4 Å². The molecule has 1 heterocycles. The third-order valence-electron chi connectivity index (χ3n) is 3.02. The Morgan fingerprint density at radius 2 is 2.47 bits per heavy atom. The van der Waals surface area contributed by atoms with E-state index in [1.807, 2.05) is 10.9 Å². The van der Waals surface area contributed by atoms with Crippen LogP contribution in [0.25, 0.3) is 0 Å². The Labute approximate surface area is 101 Å². The Morgan fingerprint density at radius 1 is 1.71 bits per heavy atom. The number of hydrogen-bond acceptors (Lipinski definition) is 3. The summed E-state index contributed by atoms with van der Waals surface area (Å²) < 4.78 is 1.89. The standard InChI is InChI=1S/C12H19N3O2/c1-2-5-15-8-9(7-14-15)6-13-11(12(16)17)10-3-4-10/h7-8,10-11,13H,2-6H2,1H3,(H,16,17). The molecule has 1 aromatic heterocycles. The molecule has 5 heteroatoms. The first-order valence-electron chi connectivity index (χ1n) is 6.18. The number of nitrogens with one attached hydrogen (secondary N) is 1. The maximum atomic E-state index is 11.0. The van der Waals surface area contributed by atoms with Crippen LogP contribution in [-0.4, -0.2) is 26.9 Å². The van der Waals surface area contributed by atoms with Crippen LogP contribution in [0.1, 0.15) is 31.7 Å². The second-order valence-corrected chi connectivity index (χ2v) is 4.65. The molecule has 2 N–H and O–H groups in total. The summed E-state index contributed by atoms with van der Waals surface area (Å²) in [5.41, 5.74) is 1.05. The van der Waals surface area contributed by atoms with Crippen LogP contribution in [0.15, 0.2) is 12.4 Å². The molecule has 1 atom stereocenters. The highest BCUT2D eigenvalue weighted by molar-refractivity contribution is 5.74. The van der Waals surface area contributed by atoms with Crippen LogP contribution in [0.3, 0.4) is 0 Å². The molecule has 1 saturated carbocycles. The number of carboxylic acid groups (broad SMARTS) is 1. The van der Waals surface area contributed by atoms with Crippen molar-refractivity contribution in [3.05, 3.63) is 18.0 Å². The molecule has 1 fully saturated rings. The zero-order valence-corrected chi connectivity index (χ0v) is 10.1. The SMILES string of the molecule is CCCn1cc(CNC(C(=O)O)C2CC2)cn1. The number of carboxylic acids is 1. The van der Waals surface area contributed by atoms with Gasteiger partial charge in [-0.25, -0.2) is 0 Å². The first kappa shape index (κ1) is 12.1. The lowest BCUT2D eigenvalue weighted by Gasteiger charge is -2.12. The molecule has 0 radical (unpaired) electrons. The maximum absolute atomic E-state index is 11.0. The topological polar surface area (TPSA) is 67.2 Å². The van der Waals surface area contributed by atoms with Gasteiger partial charge < -0.3 is 5.11 Å². The fourth-order valence-electron chi connectivity index (χ4n) is 1.96. The Morgan fingerprint density at radius 3 is 3.06 bits per heavy atom. The summed E-state index contributed by atoms with van der Waals surface area (Å²) >= 11 is 0. The van der Waals surface area contributed by atoms with E-state index in [2.05, 4.69) is 17.3 Å². The first-order chi connectivity index (χ1) is 8.20. The van der Waals surface area contributed by atoms with Crippen LogP contribution >= 0.6 is 0 Å². The molecule has 2 rings (SSSR count). The smallest absolute Gasteiger partial charge is 0.320 e. The van der Waals surface area contributed by atoms with Gasteiger partial charge in [0, 0.05) is 24.8 Å². The summed E-state index contributed by atoms with van der Waals surface area (Å²) in [5, 5.41) is 16.4. The average Bonchev–Trinajstić information content (AvgIpc) is 3.01. The van der Waals surface area contributed by atoms with E-state index < -0.39 is 12.0 Å². The van der Waals surface area contributed by atoms with Crippen LogP contribution in [0.4, 0.5) is 0 Å². The number of hydrogen-bond donors (Lipinski definition) is 2. The highest BCUT2D eigenvalue weighted by Crippen LogP contribution is 2.32. The summed E-state index contributed by atoms with van der Waals surface area (Å²) in [4.78, 5) is 11.0. The predicted octanol–water partition coefficient (Wildman–Crippen LogP) is 1.25. The second kappa shape index (κ2) is 5.31. The molecule has 0 bridgehead atoms. The maximum Gasteiger partial charge on any atom is 0.320 e. The zero-order valence-electron chi connectivity index (χ0n) is 10.1. The van der Waals surface area contributed by atoms with Crippen LogP contribution < -0.4 is 5.32 Å². The van der Waals surface area contributed by atoms with E-state index in [0.29, 0.717) is 12.5 Å². The fraction of sp³-hybridized carbons (Fsp3) is 0.667. The summed E-state index contributed by atoms with van der Waals surface area (Å²) in [6.45, 7) is 3.59.